The molecule has 4 aromatic rings. The maximum atomic E-state index is 12.6. The van der Waals surface area contributed by atoms with E-state index in [-0.39, 0.29) is 12.5 Å². The van der Waals surface area contributed by atoms with Crippen molar-refractivity contribution in [2.45, 2.75) is 0 Å². The van der Waals surface area contributed by atoms with Crippen LogP contribution >= 0.6 is 11.3 Å². The van der Waals surface area contributed by atoms with E-state index >= 15 is 0 Å². The fraction of sp³-hybridized carbons (Fsp3) is 0.136. The van der Waals surface area contributed by atoms with Crippen LogP contribution in [0.3, 0.4) is 0 Å². The lowest BCUT2D eigenvalue weighted by Gasteiger charge is -2.18. The third-order valence-electron chi connectivity index (χ3n) is 4.52. The Morgan fingerprint density at radius 2 is 1.79 bits per heavy atom. The number of carbonyl (C=O) groups excluding carboxylic acids is 1. The molecule has 0 bridgehead atoms. The number of nitrogens with one attached hydrogen (secondary N) is 1. The van der Waals surface area contributed by atoms with Gasteiger partial charge in [0.2, 0.25) is 5.91 Å². The van der Waals surface area contributed by atoms with Crippen molar-refractivity contribution >= 4 is 28.1 Å². The second-order valence-electron chi connectivity index (χ2n) is 6.66. The average molecular weight is 404 g/mol. The smallest absolute Gasteiger partial charge is 0.245 e. The Morgan fingerprint density at radius 1 is 1.10 bits per heavy atom. The number of carbonyl (C=O) groups is 1. The number of benzene rings is 2. The quantitative estimate of drug-likeness (QED) is 0.522. The molecule has 0 atom stereocenters. The van der Waals surface area contributed by atoms with Crippen LogP contribution < -0.4 is 10.2 Å². The first-order valence-electron chi connectivity index (χ1n) is 9.22. The Labute approximate surface area is 173 Å². The zero-order valence-electron chi connectivity index (χ0n) is 16.2. The Bertz CT molecular complexity index is 1100. The number of rotatable bonds is 6. The third kappa shape index (κ3) is 4.20. The molecule has 0 aliphatic rings. The number of aryl methyl sites for hydroxylation is 1. The molecular weight excluding hydrogens is 382 g/mol. The predicted octanol–water partition coefficient (Wildman–Crippen LogP) is 4.29. The fourth-order valence-electron chi connectivity index (χ4n) is 3.05. The average Bonchev–Trinajstić information content (AvgIpc) is 3.35. The monoisotopic (exact) mass is 403 g/mol. The lowest BCUT2D eigenvalue weighted by Crippen LogP contribution is -2.29. The summed E-state index contributed by atoms with van der Waals surface area (Å²) in [5.74, 6) is 0.708. The van der Waals surface area contributed by atoms with E-state index in [1.165, 1.54) is 11.3 Å². The summed E-state index contributed by atoms with van der Waals surface area (Å²) in [7, 11) is 3.84. The summed E-state index contributed by atoms with van der Waals surface area (Å²) >= 11 is 1.43. The van der Waals surface area contributed by atoms with Crippen molar-refractivity contribution in [3.63, 3.8) is 0 Å². The first kappa shape index (κ1) is 18.9. The molecule has 29 heavy (non-hydrogen) atoms. The molecule has 0 unspecified atom stereocenters. The zero-order valence-corrected chi connectivity index (χ0v) is 17.1. The standard InChI is InChI=1S/C22H21N5OS/c1-26-14-13-23-21(26)20-19(16-9-5-3-6-10-16)25-22(29-20)24-18(28)15-27(2)17-11-7-4-8-12-17/h3-14H,15H2,1-2H3,(H,24,25,28). The number of nitrogens with zero attached hydrogens (tertiary/aromatic N) is 4. The zero-order chi connectivity index (χ0) is 20.2. The maximum Gasteiger partial charge on any atom is 0.245 e. The molecule has 6 nitrogen and oxygen atoms in total. The van der Waals surface area contributed by atoms with Crippen LogP contribution in [0.15, 0.2) is 73.1 Å². The molecule has 4 rings (SSSR count). The lowest BCUT2D eigenvalue weighted by atomic mass is 10.1. The molecule has 0 aliphatic heterocycles. The van der Waals surface area contributed by atoms with Crippen molar-refractivity contribution in [1.82, 2.24) is 14.5 Å². The van der Waals surface area contributed by atoms with Gasteiger partial charge in [-0.25, -0.2) is 9.97 Å². The van der Waals surface area contributed by atoms with Gasteiger partial charge in [0, 0.05) is 37.7 Å². The van der Waals surface area contributed by atoms with Crippen molar-refractivity contribution in [2.75, 3.05) is 23.8 Å². The molecule has 0 radical (unpaired) electrons. The SMILES string of the molecule is CN(CC(=O)Nc1nc(-c2ccccc2)c(-c2nccn2C)s1)c1ccccc1. The molecule has 0 fully saturated rings. The molecule has 0 saturated heterocycles. The van der Waals surface area contributed by atoms with Crippen LogP contribution in [0.5, 0.6) is 0 Å². The van der Waals surface area contributed by atoms with Gasteiger partial charge in [0.25, 0.3) is 0 Å². The highest BCUT2D eigenvalue weighted by atomic mass is 32.1. The van der Waals surface area contributed by atoms with Crippen LogP contribution in [0.2, 0.25) is 0 Å². The Hall–Kier alpha value is -3.45. The van der Waals surface area contributed by atoms with E-state index in [0.717, 1.165) is 27.6 Å². The summed E-state index contributed by atoms with van der Waals surface area (Å²) < 4.78 is 1.95. The van der Waals surface area contributed by atoms with Crippen LogP contribution in [0.4, 0.5) is 10.8 Å². The van der Waals surface area contributed by atoms with Crippen LogP contribution in [-0.4, -0.2) is 34.0 Å². The molecule has 2 heterocycles. The summed E-state index contributed by atoms with van der Waals surface area (Å²) in [4.78, 5) is 24.6. The van der Waals surface area contributed by atoms with Crippen molar-refractivity contribution in [2.24, 2.45) is 7.05 Å². The minimum atomic E-state index is -0.115. The van der Waals surface area contributed by atoms with Crippen LogP contribution in [0.1, 0.15) is 0 Å². The van der Waals surface area contributed by atoms with Gasteiger partial charge in [0.15, 0.2) is 11.0 Å². The van der Waals surface area contributed by atoms with Gasteiger partial charge in [-0.1, -0.05) is 59.9 Å². The summed E-state index contributed by atoms with van der Waals surface area (Å²) in [5.41, 5.74) is 2.79. The molecule has 1 amide bonds. The number of thiazole rings is 1. The van der Waals surface area contributed by atoms with Crippen molar-refractivity contribution in [3.05, 3.63) is 73.1 Å². The second kappa shape index (κ2) is 8.28. The van der Waals surface area contributed by atoms with Crippen LogP contribution in [-0.2, 0) is 11.8 Å². The van der Waals surface area contributed by atoms with Crippen molar-refractivity contribution in [3.8, 4) is 22.0 Å². The minimum absolute atomic E-state index is 0.115. The minimum Gasteiger partial charge on any atom is -0.365 e. The molecule has 2 aromatic carbocycles. The van der Waals surface area contributed by atoms with Gasteiger partial charge in [0.05, 0.1) is 17.1 Å². The van der Waals surface area contributed by atoms with Gasteiger partial charge >= 0.3 is 0 Å². The van der Waals surface area contributed by atoms with Gasteiger partial charge in [-0.3, -0.25) is 4.79 Å². The lowest BCUT2D eigenvalue weighted by molar-refractivity contribution is -0.114. The number of amides is 1. The second-order valence-corrected chi connectivity index (χ2v) is 7.66. The molecule has 0 aliphatic carbocycles. The Kier molecular flexibility index (Phi) is 5.39. The number of likely N-dealkylation sites (N-methyl/N-ethyl adjacent to an activating group) is 1. The van der Waals surface area contributed by atoms with Gasteiger partial charge in [-0.2, -0.15) is 0 Å². The largest absolute Gasteiger partial charge is 0.365 e. The number of imidazole rings is 1. The summed E-state index contributed by atoms with van der Waals surface area (Å²) in [5, 5.41) is 3.51. The predicted molar refractivity (Wildman–Crippen MR) is 118 cm³/mol. The van der Waals surface area contributed by atoms with Crippen LogP contribution in [0.25, 0.3) is 22.0 Å². The molecular formula is C22H21N5OS. The molecule has 0 saturated carbocycles. The number of hydrogen-bond donors (Lipinski definition) is 1. The van der Waals surface area contributed by atoms with E-state index in [9.17, 15) is 4.79 Å². The maximum absolute atomic E-state index is 12.6. The van der Waals surface area contributed by atoms with E-state index in [2.05, 4.69) is 10.3 Å². The van der Waals surface area contributed by atoms with E-state index in [4.69, 9.17) is 4.98 Å². The molecule has 146 valence electrons. The molecule has 0 spiro atoms. The number of anilines is 2. The fourth-order valence-corrected chi connectivity index (χ4v) is 4.09. The summed E-state index contributed by atoms with van der Waals surface area (Å²) in [6.07, 6.45) is 3.66. The molecule has 7 heteroatoms. The first-order chi connectivity index (χ1) is 14.1. The molecule has 2 aromatic heterocycles. The van der Waals surface area contributed by atoms with Crippen molar-refractivity contribution in [1.29, 1.82) is 0 Å². The highest BCUT2D eigenvalue weighted by Crippen LogP contribution is 2.38. The van der Waals surface area contributed by atoms with Gasteiger partial charge in [0.1, 0.15) is 0 Å². The van der Waals surface area contributed by atoms with Gasteiger partial charge in [-0.15, -0.1) is 0 Å². The van der Waals surface area contributed by atoms with E-state index < -0.39 is 0 Å². The van der Waals surface area contributed by atoms with Crippen molar-refractivity contribution < 1.29 is 4.79 Å². The van der Waals surface area contributed by atoms with E-state index in [0.29, 0.717) is 5.13 Å². The van der Waals surface area contributed by atoms with E-state index in [1.807, 2.05) is 90.4 Å². The van der Waals surface area contributed by atoms with Gasteiger partial charge < -0.3 is 14.8 Å². The first-order valence-corrected chi connectivity index (χ1v) is 10.0. The Morgan fingerprint density at radius 3 is 2.45 bits per heavy atom. The summed E-state index contributed by atoms with van der Waals surface area (Å²) in [6, 6.07) is 19.8. The van der Waals surface area contributed by atoms with Crippen LogP contribution in [0, 0.1) is 0 Å². The highest BCUT2D eigenvalue weighted by molar-refractivity contribution is 7.19. The number of aromatic nitrogens is 3. The normalized spacial score (nSPS) is 10.7. The molecule has 1 N–H and O–H groups in total. The number of para-hydroxylation sites is 1. The topological polar surface area (TPSA) is 63.1 Å². The highest BCUT2D eigenvalue weighted by Gasteiger charge is 2.19. The third-order valence-corrected chi connectivity index (χ3v) is 5.49. The number of hydrogen-bond acceptors (Lipinski definition) is 5. The van der Waals surface area contributed by atoms with Gasteiger partial charge in [-0.05, 0) is 12.1 Å². The van der Waals surface area contributed by atoms with E-state index in [1.54, 1.807) is 6.20 Å². The summed E-state index contributed by atoms with van der Waals surface area (Å²) in [6.45, 7) is 0.238. The Balaban J connectivity index is 1.59.